The predicted molar refractivity (Wildman–Crippen MR) is 48.7 cm³/mol. The molecule has 2 rings (SSSR count). The third-order valence-corrected chi connectivity index (χ3v) is 3.15. The Morgan fingerprint density at radius 1 is 1.33 bits per heavy atom. The summed E-state index contributed by atoms with van der Waals surface area (Å²) in [5.41, 5.74) is 2.56. The molecule has 0 aliphatic heterocycles. The summed E-state index contributed by atoms with van der Waals surface area (Å²) in [5, 5.41) is 0. The molecule has 0 aromatic rings. The molecule has 2 bridgehead atoms. The van der Waals surface area contributed by atoms with E-state index in [1.807, 2.05) is 6.08 Å². The van der Waals surface area contributed by atoms with Crippen LogP contribution in [0.25, 0.3) is 0 Å². The molecule has 0 heterocycles. The molecule has 2 atom stereocenters. The molecule has 64 valence electrons. The number of carbonyl (C=O) groups excluding carboxylic acids is 1. The van der Waals surface area contributed by atoms with Gasteiger partial charge in [-0.25, -0.2) is 0 Å². The minimum absolute atomic E-state index is 0.215. The highest BCUT2D eigenvalue weighted by atomic mass is 16.1. The molecule has 1 nitrogen and oxygen atoms in total. The van der Waals surface area contributed by atoms with Gasteiger partial charge in [-0.1, -0.05) is 17.2 Å². The lowest BCUT2D eigenvalue weighted by atomic mass is 9.72. The fourth-order valence-electron chi connectivity index (χ4n) is 2.19. The van der Waals surface area contributed by atoms with Crippen molar-refractivity contribution in [2.24, 2.45) is 11.8 Å². The van der Waals surface area contributed by atoms with E-state index in [1.165, 1.54) is 11.1 Å². The maximum Gasteiger partial charge on any atom is 0.162 e. The van der Waals surface area contributed by atoms with Crippen LogP contribution >= 0.6 is 0 Å². The maximum absolute atomic E-state index is 11.5. The van der Waals surface area contributed by atoms with Crippen LogP contribution in [0, 0.1) is 11.8 Å². The second-order valence-electron chi connectivity index (χ2n) is 3.96. The summed E-state index contributed by atoms with van der Waals surface area (Å²) in [6.45, 7) is 4.15. The lowest BCUT2D eigenvalue weighted by molar-refractivity contribution is -0.118. The van der Waals surface area contributed by atoms with E-state index in [2.05, 4.69) is 19.9 Å². The first-order valence-electron chi connectivity index (χ1n) is 4.57. The minimum atomic E-state index is 0.215. The summed E-state index contributed by atoms with van der Waals surface area (Å²) >= 11 is 0. The Hall–Kier alpha value is -0.850. The van der Waals surface area contributed by atoms with Crippen molar-refractivity contribution >= 4 is 5.78 Å². The zero-order valence-electron chi connectivity index (χ0n) is 7.63. The highest BCUT2D eigenvalue weighted by Gasteiger charge is 2.31. The lowest BCUT2D eigenvalue weighted by Crippen LogP contribution is -2.27. The van der Waals surface area contributed by atoms with Crippen LogP contribution in [0.15, 0.2) is 23.3 Å². The molecule has 0 saturated heterocycles. The second kappa shape index (κ2) is 2.58. The lowest BCUT2D eigenvalue weighted by Gasteiger charge is -2.31. The van der Waals surface area contributed by atoms with Crippen molar-refractivity contribution in [3.8, 4) is 0 Å². The highest BCUT2D eigenvalue weighted by Crippen LogP contribution is 2.37. The predicted octanol–water partition coefficient (Wildman–Crippen LogP) is 2.49. The standard InChI is InChI=1S/C11H14O/c1-7-3-4-9-6-10(7)11(12)5-8(9)2/h3,5,9-10H,4,6H2,1-2H3/t9-,10+/m0/s1. The Morgan fingerprint density at radius 2 is 2.08 bits per heavy atom. The van der Waals surface area contributed by atoms with Crippen molar-refractivity contribution in [2.45, 2.75) is 26.7 Å². The molecule has 1 heteroatoms. The van der Waals surface area contributed by atoms with Gasteiger partial charge < -0.3 is 0 Å². The first-order valence-corrected chi connectivity index (χ1v) is 4.57. The molecule has 0 amide bonds. The number of fused-ring (bicyclic) bond motifs is 2. The topological polar surface area (TPSA) is 17.1 Å². The van der Waals surface area contributed by atoms with Crippen LogP contribution in [0.3, 0.4) is 0 Å². The molecule has 0 radical (unpaired) electrons. The van der Waals surface area contributed by atoms with E-state index in [-0.39, 0.29) is 5.92 Å². The Labute approximate surface area is 73.2 Å². The number of hydrogen-bond donors (Lipinski definition) is 0. The van der Waals surface area contributed by atoms with Crippen molar-refractivity contribution < 1.29 is 4.79 Å². The van der Waals surface area contributed by atoms with E-state index >= 15 is 0 Å². The maximum atomic E-state index is 11.5. The van der Waals surface area contributed by atoms with Gasteiger partial charge in [0.2, 0.25) is 0 Å². The number of allylic oxidation sites excluding steroid dienone is 4. The molecule has 0 N–H and O–H groups in total. The summed E-state index contributed by atoms with van der Waals surface area (Å²) in [4.78, 5) is 11.5. The number of ketones is 1. The number of hydrogen-bond acceptors (Lipinski definition) is 1. The Balaban J connectivity index is 2.37. The summed E-state index contributed by atoms with van der Waals surface area (Å²) in [7, 11) is 0. The van der Waals surface area contributed by atoms with E-state index < -0.39 is 0 Å². The summed E-state index contributed by atoms with van der Waals surface area (Å²) in [6.07, 6.45) is 6.27. The third-order valence-electron chi connectivity index (χ3n) is 3.15. The number of carbonyl (C=O) groups is 1. The fraction of sp³-hybridized carbons (Fsp3) is 0.545. The summed E-state index contributed by atoms with van der Waals surface area (Å²) in [5.74, 6) is 1.18. The van der Waals surface area contributed by atoms with Gasteiger partial charge in [0, 0.05) is 5.92 Å². The van der Waals surface area contributed by atoms with Gasteiger partial charge in [-0.05, 0) is 38.7 Å². The molecule has 0 spiro atoms. The van der Waals surface area contributed by atoms with Gasteiger partial charge in [-0.2, -0.15) is 0 Å². The van der Waals surface area contributed by atoms with Gasteiger partial charge in [0.05, 0.1) is 0 Å². The molecule has 0 fully saturated rings. The van der Waals surface area contributed by atoms with Crippen molar-refractivity contribution in [3.63, 3.8) is 0 Å². The zero-order valence-corrected chi connectivity index (χ0v) is 7.63. The van der Waals surface area contributed by atoms with Crippen molar-refractivity contribution in [2.75, 3.05) is 0 Å². The largest absolute Gasteiger partial charge is 0.294 e. The minimum Gasteiger partial charge on any atom is -0.294 e. The smallest absolute Gasteiger partial charge is 0.162 e. The Kier molecular flexibility index (Phi) is 1.67. The van der Waals surface area contributed by atoms with Gasteiger partial charge >= 0.3 is 0 Å². The first kappa shape index (κ1) is 7.78. The molecule has 0 aromatic carbocycles. The number of rotatable bonds is 0. The molecule has 0 unspecified atom stereocenters. The van der Waals surface area contributed by atoms with Gasteiger partial charge in [0.25, 0.3) is 0 Å². The molecular weight excluding hydrogens is 148 g/mol. The van der Waals surface area contributed by atoms with Crippen molar-refractivity contribution in [3.05, 3.63) is 23.3 Å². The van der Waals surface area contributed by atoms with Crippen molar-refractivity contribution in [1.82, 2.24) is 0 Å². The normalized spacial score (nSPS) is 34.3. The van der Waals surface area contributed by atoms with Gasteiger partial charge in [0.15, 0.2) is 5.78 Å². The summed E-state index contributed by atoms with van der Waals surface area (Å²) in [6, 6.07) is 0. The van der Waals surface area contributed by atoms with Gasteiger partial charge in [-0.3, -0.25) is 4.79 Å². The second-order valence-corrected chi connectivity index (χ2v) is 3.96. The van der Waals surface area contributed by atoms with E-state index in [0.717, 1.165) is 12.8 Å². The van der Waals surface area contributed by atoms with Crippen molar-refractivity contribution in [1.29, 1.82) is 0 Å². The first-order chi connectivity index (χ1) is 5.68. The van der Waals surface area contributed by atoms with E-state index in [9.17, 15) is 4.79 Å². The van der Waals surface area contributed by atoms with E-state index in [4.69, 9.17) is 0 Å². The van der Waals surface area contributed by atoms with Gasteiger partial charge in [0.1, 0.15) is 0 Å². The molecular formula is C11H14O. The van der Waals surface area contributed by atoms with E-state index in [0.29, 0.717) is 11.7 Å². The Morgan fingerprint density at radius 3 is 2.83 bits per heavy atom. The van der Waals surface area contributed by atoms with Crippen LogP contribution in [0.2, 0.25) is 0 Å². The van der Waals surface area contributed by atoms with Crippen LogP contribution < -0.4 is 0 Å². The van der Waals surface area contributed by atoms with Crippen LogP contribution in [0.4, 0.5) is 0 Å². The average Bonchev–Trinajstić information content (AvgIpc) is 2.03. The quantitative estimate of drug-likeness (QED) is 0.500. The molecule has 0 aromatic heterocycles. The SMILES string of the molecule is CC1=CC(=O)[C@@H]2C[C@@H]1CC=C2C. The molecule has 2 aliphatic rings. The fourth-order valence-corrected chi connectivity index (χ4v) is 2.19. The summed E-state index contributed by atoms with van der Waals surface area (Å²) < 4.78 is 0. The monoisotopic (exact) mass is 162 g/mol. The van der Waals surface area contributed by atoms with Crippen LogP contribution in [0.5, 0.6) is 0 Å². The van der Waals surface area contributed by atoms with E-state index in [1.54, 1.807) is 0 Å². The zero-order chi connectivity index (χ0) is 8.72. The van der Waals surface area contributed by atoms with Crippen LogP contribution in [-0.2, 0) is 4.79 Å². The molecule has 12 heavy (non-hydrogen) atoms. The molecule has 2 aliphatic carbocycles. The van der Waals surface area contributed by atoms with Crippen LogP contribution in [-0.4, -0.2) is 5.78 Å². The van der Waals surface area contributed by atoms with Crippen LogP contribution in [0.1, 0.15) is 26.7 Å². The Bertz CT molecular complexity index is 283. The molecule has 0 saturated carbocycles. The van der Waals surface area contributed by atoms with Gasteiger partial charge in [-0.15, -0.1) is 0 Å². The third kappa shape index (κ3) is 1.04. The average molecular weight is 162 g/mol. The highest BCUT2D eigenvalue weighted by molar-refractivity contribution is 5.95.